The number of para-hydroxylation sites is 1. The van der Waals surface area contributed by atoms with Crippen LogP contribution >= 0.6 is 0 Å². The van der Waals surface area contributed by atoms with E-state index in [2.05, 4.69) is 44.9 Å². The Bertz CT molecular complexity index is 1040. The third-order valence-electron chi connectivity index (χ3n) is 6.22. The molecule has 1 amide bonds. The minimum Gasteiger partial charge on any atom is -0.444 e. The van der Waals surface area contributed by atoms with Crippen LogP contribution in [0.4, 0.5) is 16.3 Å². The van der Waals surface area contributed by atoms with Crippen molar-refractivity contribution in [3.63, 3.8) is 0 Å². The number of rotatable bonds is 2. The molecule has 8 nitrogen and oxygen atoms in total. The van der Waals surface area contributed by atoms with Crippen molar-refractivity contribution in [3.05, 3.63) is 24.5 Å². The largest absolute Gasteiger partial charge is 0.444 e. The van der Waals surface area contributed by atoms with Crippen molar-refractivity contribution >= 4 is 28.5 Å². The van der Waals surface area contributed by atoms with E-state index in [0.29, 0.717) is 13.1 Å². The van der Waals surface area contributed by atoms with Gasteiger partial charge in [-0.1, -0.05) is 6.07 Å². The number of amides is 1. The van der Waals surface area contributed by atoms with Crippen molar-refractivity contribution in [2.45, 2.75) is 58.7 Å². The number of nitriles is 1. The summed E-state index contributed by atoms with van der Waals surface area (Å²) in [6.45, 7) is 12.6. The topological polar surface area (TPSA) is 85.6 Å². The van der Waals surface area contributed by atoms with Gasteiger partial charge in [-0.3, -0.25) is 0 Å². The molecule has 0 radical (unpaired) electrons. The number of carbonyl (C=O) groups is 1. The van der Waals surface area contributed by atoms with Crippen LogP contribution in [0.5, 0.6) is 0 Å². The van der Waals surface area contributed by atoms with Gasteiger partial charge in [-0.2, -0.15) is 5.26 Å². The number of hydrogen-bond donors (Lipinski definition) is 0. The lowest BCUT2D eigenvalue weighted by Gasteiger charge is -2.44. The lowest BCUT2D eigenvalue weighted by Crippen LogP contribution is -2.59. The van der Waals surface area contributed by atoms with E-state index in [-0.39, 0.29) is 24.1 Å². The molecule has 32 heavy (non-hydrogen) atoms. The fourth-order valence-electron chi connectivity index (χ4n) is 4.62. The minimum absolute atomic E-state index is 0.00998. The Morgan fingerprint density at radius 1 is 1.16 bits per heavy atom. The molecule has 1 aromatic carbocycles. The Morgan fingerprint density at radius 2 is 1.94 bits per heavy atom. The van der Waals surface area contributed by atoms with Gasteiger partial charge in [-0.15, -0.1) is 0 Å². The molecule has 4 rings (SSSR count). The molecule has 2 saturated heterocycles. The summed E-state index contributed by atoms with van der Waals surface area (Å²) in [5.41, 5.74) is 1.44. The molecule has 2 fully saturated rings. The average molecular weight is 437 g/mol. The highest BCUT2D eigenvalue weighted by atomic mass is 16.6. The first kappa shape index (κ1) is 22.1. The fourth-order valence-corrected chi connectivity index (χ4v) is 4.62. The van der Waals surface area contributed by atoms with Crippen LogP contribution in [0.15, 0.2) is 24.5 Å². The maximum atomic E-state index is 12.7. The van der Waals surface area contributed by atoms with Gasteiger partial charge in [0.15, 0.2) is 0 Å². The highest BCUT2D eigenvalue weighted by molar-refractivity contribution is 5.97. The summed E-state index contributed by atoms with van der Waals surface area (Å²) < 4.78 is 5.61. The second-order valence-corrected chi connectivity index (χ2v) is 9.91. The van der Waals surface area contributed by atoms with Gasteiger partial charge in [0.1, 0.15) is 17.7 Å². The summed E-state index contributed by atoms with van der Waals surface area (Å²) in [5, 5.41) is 10.3. The van der Waals surface area contributed by atoms with Crippen LogP contribution in [0.2, 0.25) is 0 Å². The van der Waals surface area contributed by atoms with Crippen molar-refractivity contribution in [2.75, 3.05) is 36.0 Å². The second-order valence-electron chi connectivity index (χ2n) is 9.91. The molecule has 0 aliphatic carbocycles. The van der Waals surface area contributed by atoms with E-state index in [4.69, 9.17) is 4.74 Å². The number of anilines is 2. The summed E-state index contributed by atoms with van der Waals surface area (Å²) in [6.07, 6.45) is 2.23. The third kappa shape index (κ3) is 4.29. The molecule has 170 valence electrons. The molecule has 3 heterocycles. The van der Waals surface area contributed by atoms with E-state index in [1.54, 1.807) is 6.33 Å². The number of piperazine rings is 1. The molecule has 1 aromatic heterocycles. The van der Waals surface area contributed by atoms with Crippen molar-refractivity contribution < 1.29 is 9.53 Å². The molecule has 2 aliphatic heterocycles. The lowest BCUT2D eigenvalue weighted by molar-refractivity contribution is 0.0130. The number of ether oxygens (including phenoxy) is 1. The number of hydrogen-bond acceptors (Lipinski definition) is 7. The molecule has 3 atom stereocenters. The van der Waals surface area contributed by atoms with E-state index >= 15 is 0 Å². The Hall–Kier alpha value is -3.08. The Balaban J connectivity index is 1.61. The average Bonchev–Trinajstić information content (AvgIpc) is 3.22. The Labute approximate surface area is 189 Å². The van der Waals surface area contributed by atoms with Gasteiger partial charge in [-0.25, -0.2) is 14.8 Å². The van der Waals surface area contributed by atoms with Crippen LogP contribution in [0.1, 0.15) is 41.0 Å². The SMILES string of the molecule is C[C@@H]1CN(c2ncnc3c(N4CC[C@H](C#N)C4)cccc23)[C@@H](C)CN1C(=O)OC(C)(C)C. The minimum atomic E-state index is -0.517. The van der Waals surface area contributed by atoms with Crippen LogP contribution in [0.25, 0.3) is 10.9 Å². The van der Waals surface area contributed by atoms with Crippen molar-refractivity contribution in [1.82, 2.24) is 14.9 Å². The monoisotopic (exact) mass is 436 g/mol. The van der Waals surface area contributed by atoms with Crippen LogP contribution in [0.3, 0.4) is 0 Å². The van der Waals surface area contributed by atoms with Crippen molar-refractivity contribution in [3.8, 4) is 6.07 Å². The smallest absolute Gasteiger partial charge is 0.410 e. The second kappa shape index (κ2) is 8.45. The van der Waals surface area contributed by atoms with Gasteiger partial charge >= 0.3 is 6.09 Å². The molecule has 0 bridgehead atoms. The van der Waals surface area contributed by atoms with E-state index in [1.807, 2.05) is 38.7 Å². The summed E-state index contributed by atoms with van der Waals surface area (Å²) in [5.74, 6) is 0.949. The number of benzene rings is 1. The maximum Gasteiger partial charge on any atom is 0.410 e. The number of fused-ring (bicyclic) bond motifs is 1. The molecule has 8 heteroatoms. The lowest BCUT2D eigenvalue weighted by atomic mass is 10.1. The molecule has 0 N–H and O–H groups in total. The Morgan fingerprint density at radius 3 is 2.62 bits per heavy atom. The highest BCUT2D eigenvalue weighted by Gasteiger charge is 2.36. The molecule has 0 saturated carbocycles. The molecule has 2 aromatic rings. The first-order chi connectivity index (χ1) is 15.2. The molecule has 0 spiro atoms. The summed E-state index contributed by atoms with van der Waals surface area (Å²) in [4.78, 5) is 28.3. The zero-order valence-electron chi connectivity index (χ0n) is 19.6. The molecule has 2 aliphatic rings. The number of carbonyl (C=O) groups excluding carboxylic acids is 1. The zero-order chi connectivity index (χ0) is 23.0. The number of aromatic nitrogens is 2. The van der Waals surface area contributed by atoms with Gasteiger partial charge in [0, 0.05) is 43.6 Å². The van der Waals surface area contributed by atoms with Crippen LogP contribution in [-0.4, -0.2) is 64.8 Å². The zero-order valence-corrected chi connectivity index (χ0v) is 19.6. The number of nitrogens with zero attached hydrogens (tertiary/aromatic N) is 6. The van der Waals surface area contributed by atoms with Gasteiger partial charge in [-0.05, 0) is 53.2 Å². The van der Waals surface area contributed by atoms with E-state index in [9.17, 15) is 10.1 Å². The van der Waals surface area contributed by atoms with Gasteiger partial charge in [0.25, 0.3) is 0 Å². The van der Waals surface area contributed by atoms with Gasteiger partial charge in [0.05, 0.1) is 23.2 Å². The predicted molar refractivity (Wildman–Crippen MR) is 125 cm³/mol. The first-order valence-corrected chi connectivity index (χ1v) is 11.3. The summed E-state index contributed by atoms with van der Waals surface area (Å²) in [7, 11) is 0. The molecular weight excluding hydrogens is 404 g/mol. The highest BCUT2D eigenvalue weighted by Crippen LogP contribution is 2.34. The maximum absolute atomic E-state index is 12.7. The van der Waals surface area contributed by atoms with Gasteiger partial charge < -0.3 is 19.4 Å². The van der Waals surface area contributed by atoms with E-state index < -0.39 is 5.60 Å². The van der Waals surface area contributed by atoms with Crippen LogP contribution in [0, 0.1) is 17.2 Å². The normalized spacial score (nSPS) is 24.0. The van der Waals surface area contributed by atoms with E-state index in [0.717, 1.165) is 41.9 Å². The Kier molecular flexibility index (Phi) is 5.85. The standard InChI is InChI=1S/C24H32N6O2/c1-16-13-30(23(31)32-24(3,4)5)17(2)12-29(16)22-19-7-6-8-20(21(19)26-15-27-22)28-10-9-18(11-25)14-28/h6-8,15-18H,9-10,12-14H2,1-5H3/t16-,17+,18+/m0/s1. The molecule has 0 unspecified atom stereocenters. The molecular formula is C24H32N6O2. The predicted octanol–water partition coefficient (Wildman–Crippen LogP) is 3.81. The van der Waals surface area contributed by atoms with Crippen LogP contribution in [-0.2, 0) is 4.74 Å². The first-order valence-electron chi connectivity index (χ1n) is 11.3. The summed E-state index contributed by atoms with van der Waals surface area (Å²) in [6, 6.07) is 8.63. The van der Waals surface area contributed by atoms with Gasteiger partial charge in [0.2, 0.25) is 0 Å². The summed E-state index contributed by atoms with van der Waals surface area (Å²) >= 11 is 0. The van der Waals surface area contributed by atoms with Crippen LogP contribution < -0.4 is 9.80 Å². The fraction of sp³-hybridized carbons (Fsp3) is 0.583. The van der Waals surface area contributed by atoms with Crippen molar-refractivity contribution in [1.29, 1.82) is 5.26 Å². The van der Waals surface area contributed by atoms with Crippen molar-refractivity contribution in [2.24, 2.45) is 5.92 Å². The van der Waals surface area contributed by atoms with E-state index in [1.165, 1.54) is 0 Å². The quantitative estimate of drug-likeness (QED) is 0.707. The third-order valence-corrected chi connectivity index (χ3v) is 6.22.